The number of morpholine rings is 1. The Bertz CT molecular complexity index is 1030. The maximum Gasteiger partial charge on any atom is 0.255 e. The molecule has 2 aliphatic carbocycles. The summed E-state index contributed by atoms with van der Waals surface area (Å²) >= 11 is 0. The van der Waals surface area contributed by atoms with Gasteiger partial charge in [-0.25, -0.2) is 0 Å². The average molecular weight is 462 g/mol. The monoisotopic (exact) mass is 461 g/mol. The van der Waals surface area contributed by atoms with Gasteiger partial charge >= 0.3 is 0 Å². The first kappa shape index (κ1) is 23.1. The van der Waals surface area contributed by atoms with Gasteiger partial charge in [-0.05, 0) is 67.0 Å². The Balaban J connectivity index is 1.24. The highest BCUT2D eigenvalue weighted by atomic mass is 16.5. The Morgan fingerprint density at radius 1 is 0.941 bits per heavy atom. The minimum atomic E-state index is -0.162. The van der Waals surface area contributed by atoms with Gasteiger partial charge in [-0.3, -0.25) is 14.5 Å². The molecule has 0 bridgehead atoms. The van der Waals surface area contributed by atoms with E-state index in [1.54, 1.807) is 0 Å². The summed E-state index contributed by atoms with van der Waals surface area (Å²) in [5, 5.41) is 6.35. The van der Waals surface area contributed by atoms with Crippen molar-refractivity contribution in [2.75, 3.05) is 31.6 Å². The summed E-state index contributed by atoms with van der Waals surface area (Å²) in [6.45, 7) is 3.40. The number of ether oxygens (including phenoxy) is 1. The molecule has 1 saturated heterocycles. The molecule has 6 nitrogen and oxygen atoms in total. The smallest absolute Gasteiger partial charge is 0.255 e. The summed E-state index contributed by atoms with van der Waals surface area (Å²) in [5.41, 5.74) is 4.85. The predicted octanol–water partition coefficient (Wildman–Crippen LogP) is 3.73. The zero-order valence-corrected chi connectivity index (χ0v) is 19.9. The summed E-state index contributed by atoms with van der Waals surface area (Å²) in [7, 11) is 0. The average Bonchev–Trinajstić information content (AvgIpc) is 3.33. The maximum absolute atomic E-state index is 13.1. The van der Waals surface area contributed by atoms with Crippen molar-refractivity contribution in [3.8, 4) is 0 Å². The molecule has 0 aromatic heterocycles. The summed E-state index contributed by atoms with van der Waals surface area (Å²) in [6, 6.07) is 14.2. The van der Waals surface area contributed by atoms with E-state index in [4.69, 9.17) is 4.74 Å². The van der Waals surface area contributed by atoms with Crippen LogP contribution >= 0.6 is 0 Å². The Kier molecular flexibility index (Phi) is 7.26. The van der Waals surface area contributed by atoms with Crippen molar-refractivity contribution in [3.63, 3.8) is 0 Å². The van der Waals surface area contributed by atoms with Crippen molar-refractivity contribution in [1.82, 2.24) is 10.2 Å². The summed E-state index contributed by atoms with van der Waals surface area (Å²) in [5.74, 6) is -0.173. The van der Waals surface area contributed by atoms with E-state index in [9.17, 15) is 9.59 Å². The first-order valence-electron chi connectivity index (χ1n) is 12.8. The largest absolute Gasteiger partial charge is 0.379 e. The minimum Gasteiger partial charge on any atom is -0.379 e. The predicted molar refractivity (Wildman–Crippen MR) is 133 cm³/mol. The van der Waals surface area contributed by atoms with Crippen molar-refractivity contribution >= 4 is 17.5 Å². The van der Waals surface area contributed by atoms with Crippen LogP contribution in [0.2, 0.25) is 0 Å². The first-order chi connectivity index (χ1) is 16.7. The third-order valence-corrected chi connectivity index (χ3v) is 7.56. The highest BCUT2D eigenvalue weighted by Gasteiger charge is 2.32. The van der Waals surface area contributed by atoms with E-state index in [2.05, 4.69) is 27.7 Å². The molecular weight excluding hydrogens is 426 g/mol. The minimum absolute atomic E-state index is 0.0112. The molecule has 2 N–H and O–H groups in total. The van der Waals surface area contributed by atoms with Crippen LogP contribution in [0.4, 0.5) is 5.69 Å². The molecule has 6 heteroatoms. The highest BCUT2D eigenvalue weighted by molar-refractivity contribution is 6.06. The van der Waals surface area contributed by atoms with E-state index >= 15 is 0 Å². The van der Waals surface area contributed by atoms with Crippen LogP contribution in [0, 0.1) is 0 Å². The third kappa shape index (κ3) is 5.34. The van der Waals surface area contributed by atoms with Gasteiger partial charge in [-0.1, -0.05) is 37.1 Å². The fraction of sp³-hybridized carbons (Fsp3) is 0.500. The molecule has 2 fully saturated rings. The second kappa shape index (κ2) is 10.7. The van der Waals surface area contributed by atoms with Crippen molar-refractivity contribution < 1.29 is 14.3 Å². The number of carbonyl (C=O) groups is 2. The van der Waals surface area contributed by atoms with Crippen LogP contribution in [0.3, 0.4) is 0 Å². The van der Waals surface area contributed by atoms with Crippen molar-refractivity contribution in [3.05, 3.63) is 64.7 Å². The van der Waals surface area contributed by atoms with Crippen LogP contribution in [0.1, 0.15) is 59.2 Å². The lowest BCUT2D eigenvalue weighted by atomic mass is 9.88. The Morgan fingerprint density at radius 2 is 1.74 bits per heavy atom. The van der Waals surface area contributed by atoms with Crippen LogP contribution in [0.5, 0.6) is 0 Å². The van der Waals surface area contributed by atoms with Gasteiger partial charge in [0.2, 0.25) is 5.91 Å². The number of aryl methyl sites for hydroxylation is 2. The lowest BCUT2D eigenvalue weighted by molar-refractivity contribution is -0.122. The van der Waals surface area contributed by atoms with E-state index in [-0.39, 0.29) is 24.3 Å². The molecule has 180 valence electrons. The van der Waals surface area contributed by atoms with E-state index in [1.807, 2.05) is 30.3 Å². The Labute approximate surface area is 202 Å². The molecule has 2 atom stereocenters. The Hall–Kier alpha value is -2.70. The molecular formula is C28H35N3O3. The van der Waals surface area contributed by atoms with E-state index in [0.717, 1.165) is 69.7 Å². The topological polar surface area (TPSA) is 70.7 Å². The lowest BCUT2D eigenvalue weighted by Crippen LogP contribution is -2.56. The summed E-state index contributed by atoms with van der Waals surface area (Å²) in [4.78, 5) is 28.7. The second-order valence-corrected chi connectivity index (χ2v) is 9.80. The molecule has 1 heterocycles. The van der Waals surface area contributed by atoms with E-state index in [1.165, 1.54) is 24.0 Å². The number of hydrogen-bond acceptors (Lipinski definition) is 4. The van der Waals surface area contributed by atoms with Gasteiger partial charge in [0.05, 0.1) is 19.6 Å². The van der Waals surface area contributed by atoms with Crippen LogP contribution in [-0.2, 0) is 28.8 Å². The van der Waals surface area contributed by atoms with Gasteiger partial charge in [0, 0.05) is 36.4 Å². The fourth-order valence-corrected chi connectivity index (χ4v) is 5.80. The molecule has 1 aliphatic heterocycles. The molecule has 34 heavy (non-hydrogen) atoms. The number of anilines is 1. The number of rotatable bonds is 6. The number of carbonyl (C=O) groups excluding carboxylic acids is 2. The second-order valence-electron chi connectivity index (χ2n) is 9.80. The molecule has 2 aromatic carbocycles. The van der Waals surface area contributed by atoms with E-state index in [0.29, 0.717) is 11.6 Å². The normalized spacial score (nSPS) is 22.7. The number of benzene rings is 2. The standard InChI is InChI=1S/C28H35N3O3/c32-27(30-25-10-3-4-11-26(25)31-14-16-34-17-15-31)19-22-6-1-2-9-24(22)28(33)29-23-13-12-20-7-5-8-21(20)18-23/h1-2,6,9,12-13,18,25-26H,3-5,7-8,10-11,14-17,19H2,(H,29,33)(H,30,32)/t25-,26-/m1/s1. The molecule has 1 saturated carbocycles. The van der Waals surface area contributed by atoms with Gasteiger partial charge in [-0.2, -0.15) is 0 Å². The first-order valence-corrected chi connectivity index (χ1v) is 12.8. The van der Waals surface area contributed by atoms with Crippen LogP contribution in [-0.4, -0.2) is 55.1 Å². The summed E-state index contributed by atoms with van der Waals surface area (Å²) in [6.07, 6.45) is 8.06. The number of hydrogen-bond donors (Lipinski definition) is 2. The summed E-state index contributed by atoms with van der Waals surface area (Å²) < 4.78 is 5.52. The van der Waals surface area contributed by atoms with Gasteiger partial charge in [0.1, 0.15) is 0 Å². The number of nitrogens with zero attached hydrogens (tertiary/aromatic N) is 1. The molecule has 2 aromatic rings. The van der Waals surface area contributed by atoms with Gasteiger partial charge in [0.15, 0.2) is 0 Å². The number of nitrogens with one attached hydrogen (secondary N) is 2. The van der Waals surface area contributed by atoms with Crippen LogP contribution < -0.4 is 10.6 Å². The fourth-order valence-electron chi connectivity index (χ4n) is 5.80. The zero-order valence-electron chi connectivity index (χ0n) is 19.9. The van der Waals surface area contributed by atoms with Crippen LogP contribution in [0.15, 0.2) is 42.5 Å². The van der Waals surface area contributed by atoms with Gasteiger partial charge < -0.3 is 15.4 Å². The SMILES string of the molecule is O=C(Cc1ccccc1C(=O)Nc1ccc2c(c1)CCC2)N[C@@H]1CCCC[C@H]1N1CCOCC1. The van der Waals surface area contributed by atoms with Crippen molar-refractivity contribution in [1.29, 1.82) is 0 Å². The lowest BCUT2D eigenvalue weighted by Gasteiger charge is -2.41. The van der Waals surface area contributed by atoms with E-state index < -0.39 is 0 Å². The maximum atomic E-state index is 13.1. The Morgan fingerprint density at radius 3 is 2.62 bits per heavy atom. The van der Waals surface area contributed by atoms with Gasteiger partial charge in [0.25, 0.3) is 5.91 Å². The molecule has 3 aliphatic rings. The molecule has 0 unspecified atom stereocenters. The molecule has 0 radical (unpaired) electrons. The van der Waals surface area contributed by atoms with Gasteiger partial charge in [-0.15, -0.1) is 0 Å². The van der Waals surface area contributed by atoms with Crippen molar-refractivity contribution in [2.24, 2.45) is 0 Å². The molecule has 0 spiro atoms. The van der Waals surface area contributed by atoms with Crippen LogP contribution in [0.25, 0.3) is 0 Å². The zero-order chi connectivity index (χ0) is 23.3. The number of fused-ring (bicyclic) bond motifs is 1. The number of amides is 2. The molecule has 5 rings (SSSR count). The van der Waals surface area contributed by atoms with Crippen molar-refractivity contribution in [2.45, 2.75) is 63.5 Å². The molecule has 2 amide bonds. The quantitative estimate of drug-likeness (QED) is 0.688. The third-order valence-electron chi connectivity index (χ3n) is 7.56. The highest BCUT2D eigenvalue weighted by Crippen LogP contribution is 2.26.